The first-order valence-electron chi connectivity index (χ1n) is 10.5. The average molecular weight is 421 g/mol. The molecular weight excluding hydrogens is 394 g/mol. The van der Waals surface area contributed by atoms with E-state index in [1.807, 2.05) is 31.3 Å². The number of aromatic nitrogens is 1. The van der Waals surface area contributed by atoms with Crippen LogP contribution >= 0.6 is 0 Å². The smallest absolute Gasteiger partial charge is 0.411 e. The lowest BCUT2D eigenvalue weighted by molar-refractivity contribution is 0.0999. The average Bonchev–Trinajstić information content (AvgIpc) is 3.36. The van der Waals surface area contributed by atoms with Crippen molar-refractivity contribution in [3.05, 3.63) is 59.3 Å². The number of primary amides is 1. The van der Waals surface area contributed by atoms with Crippen molar-refractivity contribution in [2.75, 3.05) is 12.4 Å². The lowest BCUT2D eigenvalue weighted by Crippen LogP contribution is -2.20. The molecule has 3 N–H and O–H groups in total. The minimum atomic E-state index is -0.491. The van der Waals surface area contributed by atoms with E-state index in [2.05, 4.69) is 16.1 Å². The van der Waals surface area contributed by atoms with Crippen molar-refractivity contribution in [3.63, 3.8) is 0 Å². The first-order chi connectivity index (χ1) is 14.9. The number of nitrogens with one attached hydrogen (secondary N) is 1. The summed E-state index contributed by atoms with van der Waals surface area (Å²) in [5, 5.41) is 3.89. The summed E-state index contributed by atoms with van der Waals surface area (Å²) in [4.78, 5) is 23.7. The van der Waals surface area contributed by atoms with Crippen molar-refractivity contribution in [3.8, 4) is 5.75 Å². The minimum absolute atomic E-state index is 0.0202. The molecule has 0 radical (unpaired) electrons. The predicted octanol–water partition coefficient (Wildman–Crippen LogP) is 4.37. The Balaban J connectivity index is 1.59. The Bertz CT molecular complexity index is 1130. The van der Waals surface area contributed by atoms with Gasteiger partial charge < -0.3 is 19.8 Å². The predicted molar refractivity (Wildman–Crippen MR) is 120 cm³/mol. The Morgan fingerprint density at radius 2 is 1.90 bits per heavy atom. The summed E-state index contributed by atoms with van der Waals surface area (Å²) in [6, 6.07) is 11.1. The molecule has 7 heteroatoms. The molecule has 2 amide bonds. The van der Waals surface area contributed by atoms with Crippen LogP contribution in [0.4, 0.5) is 10.5 Å². The van der Waals surface area contributed by atoms with Crippen LogP contribution in [0.25, 0.3) is 10.9 Å². The zero-order valence-electron chi connectivity index (χ0n) is 17.8. The first-order valence-corrected chi connectivity index (χ1v) is 10.5. The van der Waals surface area contributed by atoms with Crippen molar-refractivity contribution in [2.24, 2.45) is 12.8 Å². The third-order valence-electron chi connectivity index (χ3n) is 5.85. The van der Waals surface area contributed by atoms with Crippen LogP contribution in [0.15, 0.2) is 42.6 Å². The van der Waals surface area contributed by atoms with Gasteiger partial charge in [-0.05, 0) is 67.1 Å². The number of ether oxygens (including phenoxy) is 2. The van der Waals surface area contributed by atoms with Gasteiger partial charge in [0.15, 0.2) is 0 Å². The van der Waals surface area contributed by atoms with E-state index in [1.54, 1.807) is 19.2 Å². The standard InChI is InChI=1S/C24H27N3O4/c1-27-14-17(11-15-7-8-16(23(25)28)12-22(15)30-2)20-13-18(9-10-21(20)27)26-24(29)31-19-5-3-4-6-19/h7-10,12-14,19H,3-6,11H2,1-2H3,(H2,25,28)(H,26,29). The molecule has 1 aliphatic carbocycles. The molecule has 31 heavy (non-hydrogen) atoms. The fraction of sp³-hybridized carbons (Fsp3) is 0.333. The maximum atomic E-state index is 12.3. The van der Waals surface area contributed by atoms with Crippen LogP contribution in [0, 0.1) is 0 Å². The Morgan fingerprint density at radius 1 is 1.13 bits per heavy atom. The van der Waals surface area contributed by atoms with Gasteiger partial charge in [0.1, 0.15) is 11.9 Å². The second kappa shape index (κ2) is 8.71. The van der Waals surface area contributed by atoms with Gasteiger partial charge >= 0.3 is 6.09 Å². The van der Waals surface area contributed by atoms with E-state index in [4.69, 9.17) is 15.2 Å². The van der Waals surface area contributed by atoms with E-state index in [0.29, 0.717) is 23.4 Å². The van der Waals surface area contributed by atoms with Crippen molar-refractivity contribution in [1.82, 2.24) is 4.57 Å². The second-order valence-electron chi connectivity index (χ2n) is 8.00. The van der Waals surface area contributed by atoms with Gasteiger partial charge in [-0.25, -0.2) is 4.79 Å². The number of methoxy groups -OCH3 is 1. The summed E-state index contributed by atoms with van der Waals surface area (Å²) in [6.07, 6.45) is 6.38. The number of benzene rings is 2. The SMILES string of the molecule is COc1cc(C(N)=O)ccc1Cc1cn(C)c2ccc(NC(=O)OC3CCCC3)cc12. The number of nitrogens with zero attached hydrogens (tertiary/aromatic N) is 1. The van der Waals surface area contributed by atoms with Crippen LogP contribution in [0.1, 0.15) is 47.2 Å². The van der Waals surface area contributed by atoms with Crippen molar-refractivity contribution >= 4 is 28.6 Å². The van der Waals surface area contributed by atoms with Crippen LogP contribution in [-0.2, 0) is 18.2 Å². The zero-order chi connectivity index (χ0) is 22.0. The summed E-state index contributed by atoms with van der Waals surface area (Å²) in [5.74, 6) is 0.123. The van der Waals surface area contributed by atoms with E-state index >= 15 is 0 Å². The fourth-order valence-corrected chi connectivity index (χ4v) is 4.25. The van der Waals surface area contributed by atoms with Gasteiger partial charge in [-0.15, -0.1) is 0 Å². The molecule has 7 nitrogen and oxygen atoms in total. The molecule has 2 aromatic carbocycles. The van der Waals surface area contributed by atoms with E-state index in [0.717, 1.165) is 47.7 Å². The Hall–Kier alpha value is -3.48. The number of hydrogen-bond acceptors (Lipinski definition) is 4. The van der Waals surface area contributed by atoms with Crippen molar-refractivity contribution < 1.29 is 19.1 Å². The normalized spacial score (nSPS) is 14.0. The van der Waals surface area contributed by atoms with Crippen LogP contribution < -0.4 is 15.8 Å². The van der Waals surface area contributed by atoms with Gasteiger partial charge in [0, 0.05) is 41.8 Å². The third kappa shape index (κ3) is 4.50. The van der Waals surface area contributed by atoms with Crippen molar-refractivity contribution in [2.45, 2.75) is 38.2 Å². The maximum Gasteiger partial charge on any atom is 0.411 e. The number of hydrogen-bond donors (Lipinski definition) is 2. The van der Waals surface area contributed by atoms with Crippen LogP contribution in [-0.4, -0.2) is 29.8 Å². The lowest BCUT2D eigenvalue weighted by Gasteiger charge is -2.12. The van der Waals surface area contributed by atoms with Gasteiger partial charge in [0.05, 0.1) is 7.11 Å². The highest BCUT2D eigenvalue weighted by molar-refractivity contribution is 5.94. The van der Waals surface area contributed by atoms with Gasteiger partial charge in [-0.2, -0.15) is 0 Å². The van der Waals surface area contributed by atoms with Gasteiger partial charge in [-0.3, -0.25) is 10.1 Å². The fourth-order valence-electron chi connectivity index (χ4n) is 4.25. The topological polar surface area (TPSA) is 95.6 Å². The molecule has 0 bridgehead atoms. The van der Waals surface area contributed by atoms with Crippen LogP contribution in [0.5, 0.6) is 5.75 Å². The largest absolute Gasteiger partial charge is 0.496 e. The number of anilines is 1. The molecule has 1 fully saturated rings. The number of carbonyl (C=O) groups is 2. The summed E-state index contributed by atoms with van der Waals surface area (Å²) in [6.45, 7) is 0. The third-order valence-corrected chi connectivity index (χ3v) is 5.85. The number of rotatable bonds is 6. The monoisotopic (exact) mass is 421 g/mol. The summed E-state index contributed by atoms with van der Waals surface area (Å²) < 4.78 is 13.0. The van der Waals surface area contributed by atoms with Crippen molar-refractivity contribution in [1.29, 1.82) is 0 Å². The molecular formula is C24H27N3O4. The van der Waals surface area contributed by atoms with E-state index in [1.165, 1.54) is 0 Å². The number of nitrogens with two attached hydrogens (primary N) is 1. The molecule has 0 spiro atoms. The van der Waals surface area contributed by atoms with E-state index < -0.39 is 12.0 Å². The Kier molecular flexibility index (Phi) is 5.84. The second-order valence-corrected chi connectivity index (χ2v) is 8.00. The van der Waals surface area contributed by atoms with Crippen LogP contribution in [0.3, 0.4) is 0 Å². The molecule has 1 saturated carbocycles. The number of amides is 2. The highest BCUT2D eigenvalue weighted by Gasteiger charge is 2.19. The van der Waals surface area contributed by atoms with Gasteiger partial charge in [0.25, 0.3) is 0 Å². The molecule has 1 aliphatic rings. The molecule has 4 rings (SSSR count). The number of fused-ring (bicyclic) bond motifs is 1. The number of carbonyl (C=O) groups excluding carboxylic acids is 2. The minimum Gasteiger partial charge on any atom is -0.496 e. The molecule has 0 unspecified atom stereocenters. The molecule has 0 saturated heterocycles. The summed E-state index contributed by atoms with van der Waals surface area (Å²) >= 11 is 0. The Labute approximate surface area is 181 Å². The quantitative estimate of drug-likeness (QED) is 0.618. The van der Waals surface area contributed by atoms with Crippen LogP contribution in [0.2, 0.25) is 0 Å². The maximum absolute atomic E-state index is 12.3. The number of aryl methyl sites for hydroxylation is 1. The first kappa shape index (κ1) is 20.8. The molecule has 3 aromatic rings. The molecule has 1 aromatic heterocycles. The Morgan fingerprint density at radius 3 is 2.61 bits per heavy atom. The summed E-state index contributed by atoms with van der Waals surface area (Å²) in [5.41, 5.74) is 9.56. The lowest BCUT2D eigenvalue weighted by atomic mass is 10.0. The van der Waals surface area contributed by atoms with E-state index in [9.17, 15) is 9.59 Å². The zero-order valence-corrected chi connectivity index (χ0v) is 17.8. The highest BCUT2D eigenvalue weighted by Crippen LogP contribution is 2.30. The molecule has 0 aliphatic heterocycles. The van der Waals surface area contributed by atoms with Gasteiger partial charge in [0.2, 0.25) is 5.91 Å². The van der Waals surface area contributed by atoms with Gasteiger partial charge in [-0.1, -0.05) is 6.07 Å². The molecule has 0 atom stereocenters. The van der Waals surface area contributed by atoms with E-state index in [-0.39, 0.29) is 6.10 Å². The highest BCUT2D eigenvalue weighted by atomic mass is 16.6. The molecule has 1 heterocycles. The summed E-state index contributed by atoms with van der Waals surface area (Å²) in [7, 11) is 3.56. The molecule has 162 valence electrons.